The fraction of sp³-hybridized carbons (Fsp3) is 0.643. The highest BCUT2D eigenvalue weighted by Crippen LogP contribution is 2.26. The predicted octanol–water partition coefficient (Wildman–Crippen LogP) is 2.61. The first-order valence-electron chi connectivity index (χ1n) is 6.58. The highest BCUT2D eigenvalue weighted by molar-refractivity contribution is 5.21. The van der Waals surface area contributed by atoms with Crippen molar-refractivity contribution in [3.05, 3.63) is 29.6 Å². The van der Waals surface area contributed by atoms with Crippen LogP contribution in [0.15, 0.2) is 18.5 Å². The molecule has 94 valence electrons. The number of ether oxygens (including phenoxy) is 1. The van der Waals surface area contributed by atoms with E-state index in [0.717, 1.165) is 26.0 Å². The lowest BCUT2D eigenvalue weighted by atomic mass is 10.00. The van der Waals surface area contributed by atoms with Crippen LogP contribution < -0.4 is 5.32 Å². The van der Waals surface area contributed by atoms with Crippen LogP contribution in [0.1, 0.15) is 43.4 Å². The van der Waals surface area contributed by atoms with E-state index in [1.807, 2.05) is 12.4 Å². The number of hydrogen-bond acceptors (Lipinski definition) is 3. The van der Waals surface area contributed by atoms with Crippen molar-refractivity contribution >= 4 is 0 Å². The Morgan fingerprint density at radius 3 is 3.06 bits per heavy atom. The van der Waals surface area contributed by atoms with Gasteiger partial charge >= 0.3 is 0 Å². The summed E-state index contributed by atoms with van der Waals surface area (Å²) in [5.74, 6) is 0. The van der Waals surface area contributed by atoms with Gasteiger partial charge in [-0.25, -0.2) is 0 Å². The van der Waals surface area contributed by atoms with Crippen molar-refractivity contribution in [1.29, 1.82) is 0 Å². The predicted molar refractivity (Wildman–Crippen MR) is 69.0 cm³/mol. The molecule has 2 atom stereocenters. The first-order valence-corrected chi connectivity index (χ1v) is 6.58. The van der Waals surface area contributed by atoms with Crippen molar-refractivity contribution < 1.29 is 4.74 Å². The Balaban J connectivity index is 2.13. The molecular formula is C14H22N2O. The van der Waals surface area contributed by atoms with Gasteiger partial charge in [-0.2, -0.15) is 0 Å². The minimum absolute atomic E-state index is 0.296. The summed E-state index contributed by atoms with van der Waals surface area (Å²) in [5, 5.41) is 3.59. The van der Waals surface area contributed by atoms with Gasteiger partial charge in [0, 0.05) is 19.0 Å². The Morgan fingerprint density at radius 2 is 2.41 bits per heavy atom. The number of nitrogens with zero attached hydrogens (tertiary/aromatic N) is 1. The molecule has 1 N–H and O–H groups in total. The molecule has 2 heterocycles. The monoisotopic (exact) mass is 234 g/mol. The van der Waals surface area contributed by atoms with Gasteiger partial charge in [0.1, 0.15) is 0 Å². The van der Waals surface area contributed by atoms with Gasteiger partial charge in [-0.15, -0.1) is 0 Å². The van der Waals surface area contributed by atoms with Gasteiger partial charge < -0.3 is 10.1 Å². The van der Waals surface area contributed by atoms with E-state index in [1.54, 1.807) is 0 Å². The first-order chi connectivity index (χ1) is 8.31. The van der Waals surface area contributed by atoms with Crippen LogP contribution in [0.5, 0.6) is 0 Å². The van der Waals surface area contributed by atoms with Crippen LogP contribution in [0.2, 0.25) is 0 Å². The van der Waals surface area contributed by atoms with Gasteiger partial charge in [0.25, 0.3) is 0 Å². The minimum Gasteiger partial charge on any atom is -0.376 e. The van der Waals surface area contributed by atoms with Crippen LogP contribution in [0.3, 0.4) is 0 Å². The van der Waals surface area contributed by atoms with Crippen molar-refractivity contribution in [2.24, 2.45) is 0 Å². The zero-order valence-electron chi connectivity index (χ0n) is 10.8. The molecule has 0 saturated carbocycles. The third kappa shape index (κ3) is 3.27. The molecule has 2 rings (SSSR count). The summed E-state index contributed by atoms with van der Waals surface area (Å²) in [6.07, 6.45) is 7.63. The molecule has 3 heteroatoms. The van der Waals surface area contributed by atoms with Crippen molar-refractivity contribution in [3.63, 3.8) is 0 Å². The number of aryl methyl sites for hydroxylation is 1. The van der Waals surface area contributed by atoms with Gasteiger partial charge in [-0.05, 0) is 43.9 Å². The van der Waals surface area contributed by atoms with E-state index in [-0.39, 0.29) is 0 Å². The van der Waals surface area contributed by atoms with Crippen LogP contribution in [-0.2, 0) is 4.74 Å². The third-order valence-electron chi connectivity index (χ3n) is 3.21. The molecule has 3 nitrogen and oxygen atoms in total. The summed E-state index contributed by atoms with van der Waals surface area (Å²) in [5.41, 5.74) is 2.47. The quantitative estimate of drug-likeness (QED) is 0.850. The zero-order valence-corrected chi connectivity index (χ0v) is 10.8. The van der Waals surface area contributed by atoms with Gasteiger partial charge in [-0.3, -0.25) is 4.98 Å². The molecule has 0 aromatic carbocycles. The smallest absolute Gasteiger partial charge is 0.0771 e. The van der Waals surface area contributed by atoms with E-state index in [2.05, 4.69) is 30.2 Å². The normalized spacial score (nSPS) is 21.6. The van der Waals surface area contributed by atoms with Gasteiger partial charge in [-0.1, -0.05) is 13.0 Å². The van der Waals surface area contributed by atoms with Crippen LogP contribution in [0.4, 0.5) is 0 Å². The molecular weight excluding hydrogens is 212 g/mol. The summed E-state index contributed by atoms with van der Waals surface area (Å²) >= 11 is 0. The van der Waals surface area contributed by atoms with Crippen LogP contribution >= 0.6 is 0 Å². The van der Waals surface area contributed by atoms with Crippen LogP contribution in [0.25, 0.3) is 0 Å². The molecule has 0 bridgehead atoms. The highest BCUT2D eigenvalue weighted by atomic mass is 16.5. The standard InChI is InChI=1S/C14H22N2O/c1-3-6-16-14(13-5-4-7-17-13)12-8-11(2)9-15-10-12/h8-10,13-14,16H,3-7H2,1-2H3. The third-order valence-corrected chi connectivity index (χ3v) is 3.21. The topological polar surface area (TPSA) is 34.2 Å². The molecule has 1 aromatic rings. The lowest BCUT2D eigenvalue weighted by molar-refractivity contribution is 0.0782. The fourth-order valence-electron chi connectivity index (χ4n) is 2.38. The highest BCUT2D eigenvalue weighted by Gasteiger charge is 2.26. The fourth-order valence-corrected chi connectivity index (χ4v) is 2.38. The van der Waals surface area contributed by atoms with Gasteiger partial charge in [0.2, 0.25) is 0 Å². The minimum atomic E-state index is 0.296. The second kappa shape index (κ2) is 6.12. The molecule has 2 unspecified atom stereocenters. The molecule has 1 aromatic heterocycles. The maximum atomic E-state index is 5.82. The van der Waals surface area contributed by atoms with Crippen molar-refractivity contribution in [2.45, 2.75) is 45.3 Å². The molecule has 17 heavy (non-hydrogen) atoms. The van der Waals surface area contributed by atoms with E-state index in [0.29, 0.717) is 12.1 Å². The molecule has 1 fully saturated rings. The number of aromatic nitrogens is 1. The molecule has 0 spiro atoms. The Morgan fingerprint density at radius 1 is 1.53 bits per heavy atom. The van der Waals surface area contributed by atoms with E-state index < -0.39 is 0 Å². The molecule has 0 aliphatic carbocycles. The average molecular weight is 234 g/mol. The molecule has 1 aliphatic rings. The van der Waals surface area contributed by atoms with E-state index in [9.17, 15) is 0 Å². The van der Waals surface area contributed by atoms with E-state index in [4.69, 9.17) is 4.74 Å². The lowest BCUT2D eigenvalue weighted by Crippen LogP contribution is -2.32. The SMILES string of the molecule is CCCNC(c1cncc(C)c1)C1CCCO1. The molecule has 0 amide bonds. The maximum absolute atomic E-state index is 5.82. The number of rotatable bonds is 5. The Bertz CT molecular complexity index is 348. The Labute approximate surface area is 104 Å². The van der Waals surface area contributed by atoms with Crippen molar-refractivity contribution in [3.8, 4) is 0 Å². The summed E-state index contributed by atoms with van der Waals surface area (Å²) in [6, 6.07) is 2.51. The summed E-state index contributed by atoms with van der Waals surface area (Å²) in [6.45, 7) is 6.20. The molecule has 1 saturated heterocycles. The largest absolute Gasteiger partial charge is 0.376 e. The van der Waals surface area contributed by atoms with Crippen molar-refractivity contribution in [2.75, 3.05) is 13.2 Å². The zero-order chi connectivity index (χ0) is 12.1. The number of pyridine rings is 1. The molecule has 1 aliphatic heterocycles. The Kier molecular flexibility index (Phi) is 4.51. The van der Waals surface area contributed by atoms with Crippen LogP contribution in [0, 0.1) is 6.92 Å². The van der Waals surface area contributed by atoms with Crippen molar-refractivity contribution in [1.82, 2.24) is 10.3 Å². The lowest BCUT2D eigenvalue weighted by Gasteiger charge is -2.24. The molecule has 0 radical (unpaired) electrons. The van der Waals surface area contributed by atoms with E-state index >= 15 is 0 Å². The summed E-state index contributed by atoms with van der Waals surface area (Å²) in [4.78, 5) is 4.29. The van der Waals surface area contributed by atoms with Crippen LogP contribution in [-0.4, -0.2) is 24.2 Å². The first kappa shape index (κ1) is 12.5. The Hall–Kier alpha value is -0.930. The second-order valence-electron chi connectivity index (χ2n) is 4.78. The summed E-state index contributed by atoms with van der Waals surface area (Å²) in [7, 11) is 0. The number of hydrogen-bond donors (Lipinski definition) is 1. The average Bonchev–Trinajstić information content (AvgIpc) is 2.83. The van der Waals surface area contributed by atoms with Gasteiger partial charge in [0.15, 0.2) is 0 Å². The van der Waals surface area contributed by atoms with E-state index in [1.165, 1.54) is 17.5 Å². The number of nitrogens with one attached hydrogen (secondary N) is 1. The van der Waals surface area contributed by atoms with Gasteiger partial charge in [0.05, 0.1) is 12.1 Å². The second-order valence-corrected chi connectivity index (χ2v) is 4.78. The summed E-state index contributed by atoms with van der Waals surface area (Å²) < 4.78 is 5.82. The maximum Gasteiger partial charge on any atom is 0.0771 e.